The highest BCUT2D eigenvalue weighted by Gasteiger charge is 2.15. The van der Waals surface area contributed by atoms with Gasteiger partial charge in [-0.15, -0.1) is 0 Å². The van der Waals surface area contributed by atoms with E-state index in [9.17, 15) is 9.59 Å². The lowest BCUT2D eigenvalue weighted by Gasteiger charge is -2.21. The molecule has 29 heavy (non-hydrogen) atoms. The molecule has 0 aromatic heterocycles. The van der Waals surface area contributed by atoms with Crippen LogP contribution in [0.1, 0.15) is 67.8 Å². The van der Waals surface area contributed by atoms with E-state index in [0.717, 1.165) is 28.8 Å². The zero-order valence-corrected chi connectivity index (χ0v) is 17.5. The fourth-order valence-corrected chi connectivity index (χ4v) is 4.05. The quantitative estimate of drug-likeness (QED) is 0.575. The lowest BCUT2D eigenvalue weighted by Crippen LogP contribution is -2.15. The van der Waals surface area contributed by atoms with Crippen LogP contribution < -0.4 is 5.32 Å². The third-order valence-corrected chi connectivity index (χ3v) is 5.73. The van der Waals surface area contributed by atoms with Crippen molar-refractivity contribution in [2.75, 3.05) is 11.9 Å². The molecule has 4 nitrogen and oxygen atoms in total. The monoisotopic (exact) mass is 393 g/mol. The number of carbonyl (C=O) groups excluding carboxylic acids is 2. The number of carbonyl (C=O) groups is 2. The first-order valence-electron chi connectivity index (χ1n) is 10.7. The van der Waals surface area contributed by atoms with Crippen LogP contribution in [0.2, 0.25) is 0 Å². The molecule has 0 spiro atoms. The summed E-state index contributed by atoms with van der Waals surface area (Å²) in [5, 5.41) is 3.05. The third-order valence-electron chi connectivity index (χ3n) is 5.73. The van der Waals surface area contributed by atoms with Gasteiger partial charge in [0, 0.05) is 12.1 Å². The summed E-state index contributed by atoms with van der Waals surface area (Å²) in [5.41, 5.74) is 4.53. The highest BCUT2D eigenvalue weighted by atomic mass is 16.5. The molecule has 3 rings (SSSR count). The summed E-state index contributed by atoms with van der Waals surface area (Å²) in [6.45, 7) is 4.20. The van der Waals surface area contributed by atoms with Gasteiger partial charge in [-0.25, -0.2) is 4.79 Å². The number of esters is 1. The summed E-state index contributed by atoms with van der Waals surface area (Å²) < 4.78 is 5.04. The molecule has 2 aromatic rings. The highest BCUT2D eigenvalue weighted by Crippen LogP contribution is 2.29. The highest BCUT2D eigenvalue weighted by molar-refractivity contribution is 5.92. The van der Waals surface area contributed by atoms with Gasteiger partial charge in [0.15, 0.2) is 0 Å². The SMILES string of the molecule is CCOC(=O)c1ccc(-c2cc(NC(=O)CCC3CCCCC3)ccc2C)cc1. The van der Waals surface area contributed by atoms with Gasteiger partial charge in [-0.1, -0.05) is 50.3 Å². The van der Waals surface area contributed by atoms with Gasteiger partial charge in [0.2, 0.25) is 5.91 Å². The Balaban J connectivity index is 1.64. The van der Waals surface area contributed by atoms with Crippen LogP contribution in [0, 0.1) is 12.8 Å². The molecule has 0 bridgehead atoms. The van der Waals surface area contributed by atoms with E-state index in [0.29, 0.717) is 24.5 Å². The zero-order chi connectivity index (χ0) is 20.6. The van der Waals surface area contributed by atoms with Crippen molar-refractivity contribution in [2.24, 2.45) is 5.92 Å². The standard InChI is InChI=1S/C25H31NO3/c1-3-29-25(28)21-13-11-20(12-14-21)23-17-22(15-9-18(23)2)26-24(27)16-10-19-7-5-4-6-8-19/h9,11-15,17,19H,3-8,10,16H2,1-2H3,(H,26,27). The van der Waals surface area contributed by atoms with Crippen molar-refractivity contribution in [3.8, 4) is 11.1 Å². The number of anilines is 1. The summed E-state index contributed by atoms with van der Waals surface area (Å²) in [6.07, 6.45) is 8.07. The van der Waals surface area contributed by atoms with Crippen LogP contribution >= 0.6 is 0 Å². The van der Waals surface area contributed by atoms with Crippen molar-refractivity contribution in [1.82, 2.24) is 0 Å². The third kappa shape index (κ3) is 5.93. The number of aryl methyl sites for hydroxylation is 1. The van der Waals surface area contributed by atoms with Crippen LogP contribution in [0.3, 0.4) is 0 Å². The van der Waals surface area contributed by atoms with Crippen LogP contribution in [-0.2, 0) is 9.53 Å². The van der Waals surface area contributed by atoms with E-state index >= 15 is 0 Å². The van der Waals surface area contributed by atoms with Crippen LogP contribution in [-0.4, -0.2) is 18.5 Å². The van der Waals surface area contributed by atoms with Crippen molar-refractivity contribution in [1.29, 1.82) is 0 Å². The molecule has 0 heterocycles. The van der Waals surface area contributed by atoms with E-state index in [1.165, 1.54) is 32.1 Å². The molecule has 2 aromatic carbocycles. The first-order valence-corrected chi connectivity index (χ1v) is 10.7. The number of hydrogen-bond acceptors (Lipinski definition) is 3. The minimum Gasteiger partial charge on any atom is -0.462 e. The second-order valence-electron chi connectivity index (χ2n) is 7.92. The number of amides is 1. The summed E-state index contributed by atoms with van der Waals surface area (Å²) in [4.78, 5) is 24.2. The van der Waals surface area contributed by atoms with Crippen molar-refractivity contribution >= 4 is 17.6 Å². The van der Waals surface area contributed by atoms with Gasteiger partial charge in [-0.05, 0) is 67.1 Å². The van der Waals surface area contributed by atoms with Gasteiger partial charge in [0.05, 0.1) is 12.2 Å². The molecule has 0 aliphatic heterocycles. The van der Waals surface area contributed by atoms with E-state index in [2.05, 4.69) is 5.32 Å². The largest absolute Gasteiger partial charge is 0.462 e. The minimum absolute atomic E-state index is 0.0861. The van der Waals surface area contributed by atoms with Crippen LogP contribution in [0.4, 0.5) is 5.69 Å². The van der Waals surface area contributed by atoms with Crippen LogP contribution in [0.25, 0.3) is 11.1 Å². The number of ether oxygens (including phenoxy) is 1. The van der Waals surface area contributed by atoms with E-state index in [1.807, 2.05) is 37.3 Å². The van der Waals surface area contributed by atoms with Crippen molar-refractivity contribution in [3.63, 3.8) is 0 Å². The Labute approximate surface area is 173 Å². The number of rotatable bonds is 7. The summed E-state index contributed by atoms with van der Waals surface area (Å²) in [5.74, 6) is 0.485. The molecule has 0 radical (unpaired) electrons. The molecular formula is C25H31NO3. The molecule has 0 saturated heterocycles. The number of benzene rings is 2. The zero-order valence-electron chi connectivity index (χ0n) is 17.5. The molecular weight excluding hydrogens is 362 g/mol. The Kier molecular flexibility index (Phi) is 7.45. The van der Waals surface area contributed by atoms with Crippen LogP contribution in [0.15, 0.2) is 42.5 Å². The molecule has 154 valence electrons. The van der Waals surface area contributed by atoms with Gasteiger partial charge in [-0.2, -0.15) is 0 Å². The predicted molar refractivity (Wildman–Crippen MR) is 117 cm³/mol. The maximum atomic E-state index is 12.4. The maximum absolute atomic E-state index is 12.4. The Hall–Kier alpha value is -2.62. The number of hydrogen-bond donors (Lipinski definition) is 1. The molecule has 1 saturated carbocycles. The summed E-state index contributed by atoms with van der Waals surface area (Å²) >= 11 is 0. The topological polar surface area (TPSA) is 55.4 Å². The van der Waals surface area contributed by atoms with E-state index in [4.69, 9.17) is 4.74 Å². The Morgan fingerprint density at radius 2 is 1.76 bits per heavy atom. The molecule has 4 heteroatoms. The predicted octanol–water partition coefficient (Wildman–Crippen LogP) is 6.14. The lowest BCUT2D eigenvalue weighted by molar-refractivity contribution is -0.116. The minimum atomic E-state index is -0.310. The first kappa shape index (κ1) is 21.1. The smallest absolute Gasteiger partial charge is 0.338 e. The van der Waals surface area contributed by atoms with E-state index < -0.39 is 0 Å². The molecule has 1 fully saturated rings. The molecule has 1 aliphatic rings. The van der Waals surface area contributed by atoms with E-state index in [-0.39, 0.29) is 11.9 Å². The fraction of sp³-hybridized carbons (Fsp3) is 0.440. The molecule has 1 aliphatic carbocycles. The summed E-state index contributed by atoms with van der Waals surface area (Å²) in [6, 6.07) is 13.4. The maximum Gasteiger partial charge on any atom is 0.338 e. The van der Waals surface area contributed by atoms with Gasteiger partial charge in [0.1, 0.15) is 0 Å². The average Bonchev–Trinajstić information content (AvgIpc) is 2.75. The normalized spacial score (nSPS) is 14.4. The second kappa shape index (κ2) is 10.2. The van der Waals surface area contributed by atoms with Crippen molar-refractivity contribution in [2.45, 2.75) is 58.8 Å². The van der Waals surface area contributed by atoms with Gasteiger partial charge in [-0.3, -0.25) is 4.79 Å². The Bertz CT molecular complexity index is 836. The first-order chi connectivity index (χ1) is 14.1. The van der Waals surface area contributed by atoms with Crippen LogP contribution in [0.5, 0.6) is 0 Å². The Morgan fingerprint density at radius 1 is 1.03 bits per heavy atom. The van der Waals surface area contributed by atoms with E-state index in [1.54, 1.807) is 19.1 Å². The molecule has 0 atom stereocenters. The van der Waals surface area contributed by atoms with Gasteiger partial charge >= 0.3 is 5.97 Å². The van der Waals surface area contributed by atoms with Crippen molar-refractivity contribution < 1.29 is 14.3 Å². The van der Waals surface area contributed by atoms with Gasteiger partial charge in [0.25, 0.3) is 0 Å². The van der Waals surface area contributed by atoms with Gasteiger partial charge < -0.3 is 10.1 Å². The Morgan fingerprint density at radius 3 is 2.45 bits per heavy atom. The molecule has 1 amide bonds. The fourth-order valence-electron chi connectivity index (χ4n) is 4.05. The lowest BCUT2D eigenvalue weighted by atomic mass is 9.86. The summed E-state index contributed by atoms with van der Waals surface area (Å²) in [7, 11) is 0. The number of nitrogens with one attached hydrogen (secondary N) is 1. The molecule has 0 unspecified atom stereocenters. The van der Waals surface area contributed by atoms with Crippen molar-refractivity contribution in [3.05, 3.63) is 53.6 Å². The molecule has 1 N–H and O–H groups in total. The average molecular weight is 394 g/mol. The second-order valence-corrected chi connectivity index (χ2v) is 7.92.